The van der Waals surface area contributed by atoms with E-state index in [0.29, 0.717) is 0 Å². The maximum absolute atomic E-state index is 5.04. The van der Waals surface area contributed by atoms with Gasteiger partial charge in [0.05, 0.1) is 0 Å². The van der Waals surface area contributed by atoms with Gasteiger partial charge in [0, 0.05) is 0 Å². The van der Waals surface area contributed by atoms with Gasteiger partial charge in [-0.25, -0.2) is 0 Å². The average Bonchev–Trinajstić information content (AvgIpc) is 1.95. The van der Waals surface area contributed by atoms with Gasteiger partial charge < -0.3 is 0 Å². The fraction of sp³-hybridized carbons (Fsp3) is 0.875. The minimum atomic E-state index is -3.29. The third-order valence-electron chi connectivity index (χ3n) is 1.35. The number of halogens is 4. The van der Waals surface area contributed by atoms with Crippen LogP contribution in [0, 0.1) is 6.92 Å². The molecular weight excluding hydrogens is 357 g/mol. The Kier molecular flexibility index (Phi) is 16.1. The van der Waals surface area contributed by atoms with Crippen LogP contribution in [-0.4, -0.2) is 13.9 Å². The van der Waals surface area contributed by atoms with Crippen LogP contribution in [0.2, 0.25) is 0 Å². The zero-order valence-electron chi connectivity index (χ0n) is 7.96. The molecule has 0 atom stereocenters. The van der Waals surface area contributed by atoms with Crippen LogP contribution in [0.1, 0.15) is 45.4 Å². The van der Waals surface area contributed by atoms with E-state index in [1.54, 1.807) is 0 Å². The zero-order valence-corrected chi connectivity index (χ0v) is 13.8. The van der Waals surface area contributed by atoms with Gasteiger partial charge in [0.25, 0.3) is 0 Å². The van der Waals surface area contributed by atoms with Crippen molar-refractivity contribution >= 4 is 49.6 Å². The quantitative estimate of drug-likeness (QED) is 0.437. The van der Waals surface area contributed by atoms with Gasteiger partial charge >= 0.3 is 49.6 Å². The molecule has 0 aliphatic rings. The van der Waals surface area contributed by atoms with Crippen LogP contribution < -0.4 is 0 Å². The molecule has 0 aromatic carbocycles. The van der Waals surface area contributed by atoms with Gasteiger partial charge in [-0.15, -0.1) is 0 Å². The first-order chi connectivity index (χ1) is 5.91. The Hall–Kier alpha value is 1.96. The van der Waals surface area contributed by atoms with Gasteiger partial charge in [0.1, 0.15) is 0 Å². The summed E-state index contributed by atoms with van der Waals surface area (Å²) in [5, 5.41) is 0. The van der Waals surface area contributed by atoms with Gasteiger partial charge in [-0.2, -0.15) is 0 Å². The van der Waals surface area contributed by atoms with Crippen molar-refractivity contribution in [3.8, 4) is 0 Å². The molecule has 0 unspecified atom stereocenters. The summed E-state index contributed by atoms with van der Waals surface area (Å²) in [6.45, 7) is 6.02. The first-order valence-electron chi connectivity index (χ1n) is 4.46. The molecule has 0 rings (SSSR count). The molecule has 0 fully saturated rings. The second-order valence-corrected chi connectivity index (χ2v) is 28.1. The average molecular weight is 374 g/mol. The summed E-state index contributed by atoms with van der Waals surface area (Å²) in [6, 6.07) is 0. The number of rotatable bonds is 5. The van der Waals surface area contributed by atoms with Crippen LogP contribution in [0.15, 0.2) is 0 Å². The van der Waals surface area contributed by atoms with Crippen LogP contribution in [0.4, 0.5) is 0 Å². The van der Waals surface area contributed by atoms with Crippen LogP contribution in [-0.2, 0) is 0 Å². The molecule has 13 heavy (non-hydrogen) atoms. The summed E-state index contributed by atoms with van der Waals surface area (Å²) < 4.78 is 0. The molecule has 0 aliphatic heterocycles. The predicted octanol–water partition coefficient (Wildman–Crippen LogP) is 5.56. The molecule has 0 saturated heterocycles. The van der Waals surface area contributed by atoms with E-state index in [2.05, 4.69) is 13.8 Å². The molecule has 0 saturated carbocycles. The van der Waals surface area contributed by atoms with E-state index in [4.69, 9.17) is 35.7 Å². The molecule has 81 valence electrons. The van der Waals surface area contributed by atoms with Gasteiger partial charge in [-0.05, 0) is 0 Å². The van der Waals surface area contributed by atoms with Crippen LogP contribution in [0.5, 0.6) is 0 Å². The summed E-state index contributed by atoms with van der Waals surface area (Å²) in [6.07, 6.45) is 7.98. The summed E-state index contributed by atoms with van der Waals surface area (Å²) >= 11 is -3.29. The second kappa shape index (κ2) is 12.0. The van der Waals surface area contributed by atoms with E-state index in [0.717, 1.165) is 6.42 Å². The van der Waals surface area contributed by atoms with Gasteiger partial charge in [0.15, 0.2) is 0 Å². The van der Waals surface area contributed by atoms with Crippen LogP contribution in [0.25, 0.3) is 0 Å². The predicted molar refractivity (Wildman–Crippen MR) is 67.9 cm³/mol. The van der Waals surface area contributed by atoms with Crippen molar-refractivity contribution < 1.29 is 0 Å². The van der Waals surface area contributed by atoms with Gasteiger partial charge in [0.2, 0.25) is 0 Å². The molecule has 0 amide bonds. The molecule has 0 spiro atoms. The van der Waals surface area contributed by atoms with Crippen molar-refractivity contribution in [1.82, 2.24) is 0 Å². The van der Waals surface area contributed by atoms with Crippen molar-refractivity contribution in [2.24, 2.45) is 0 Å². The molecule has 1 radical (unpaired) electrons. The van der Waals surface area contributed by atoms with Gasteiger partial charge in [-0.3, -0.25) is 0 Å². The molecular formula is C8H17Cl4Sn. The molecule has 0 heterocycles. The summed E-state index contributed by atoms with van der Waals surface area (Å²) in [5.41, 5.74) is 0. The van der Waals surface area contributed by atoms with E-state index < -0.39 is 13.9 Å². The summed E-state index contributed by atoms with van der Waals surface area (Å²) in [7, 11) is 20.1. The number of hydrogen-bond acceptors (Lipinski definition) is 0. The Labute approximate surface area is 101 Å². The Bertz CT molecular complexity index is 80.6. The van der Waals surface area contributed by atoms with E-state index in [9.17, 15) is 0 Å². The van der Waals surface area contributed by atoms with Crippen LogP contribution in [0.3, 0.4) is 0 Å². The first kappa shape index (κ1) is 17.4. The Balaban J connectivity index is 0. The second-order valence-electron chi connectivity index (χ2n) is 2.70. The third-order valence-corrected chi connectivity index (χ3v) is 1.35. The molecule has 0 bridgehead atoms. The van der Waals surface area contributed by atoms with Gasteiger partial charge in [-0.1, -0.05) is 52.4 Å². The molecule has 0 aliphatic carbocycles. The Morgan fingerprint density at radius 3 is 1.62 bits per heavy atom. The first-order valence-corrected chi connectivity index (χ1v) is 18.9. The van der Waals surface area contributed by atoms with Crippen molar-refractivity contribution in [2.75, 3.05) is 0 Å². The standard InChI is InChI=1S/C8H17.4ClH.Sn/c1-3-5-7-8-6-4-2;;;;;/h1,3-8H2,2H3;4*1H;/q;;;;;+4/p-4. The Morgan fingerprint density at radius 1 is 0.923 bits per heavy atom. The Morgan fingerprint density at radius 2 is 1.31 bits per heavy atom. The van der Waals surface area contributed by atoms with E-state index >= 15 is 0 Å². The SMILES string of the molecule is [CH2]CCCCCCC.[Cl][Sn]([Cl])([Cl])[Cl]. The molecule has 5 heteroatoms. The summed E-state index contributed by atoms with van der Waals surface area (Å²) in [4.78, 5) is 0. The van der Waals surface area contributed by atoms with Crippen molar-refractivity contribution in [2.45, 2.75) is 45.4 Å². The minimum absolute atomic E-state index is 1.11. The number of hydrogen-bond donors (Lipinski definition) is 0. The molecule has 0 nitrogen and oxygen atoms in total. The van der Waals surface area contributed by atoms with Crippen molar-refractivity contribution in [3.63, 3.8) is 0 Å². The van der Waals surface area contributed by atoms with Crippen molar-refractivity contribution in [1.29, 1.82) is 0 Å². The monoisotopic (exact) mass is 373 g/mol. The third kappa shape index (κ3) is 41.2. The molecule has 0 N–H and O–H groups in total. The topological polar surface area (TPSA) is 0 Å². The van der Waals surface area contributed by atoms with E-state index in [1.807, 2.05) is 0 Å². The fourth-order valence-electron chi connectivity index (χ4n) is 0.780. The van der Waals surface area contributed by atoms with E-state index in [1.165, 1.54) is 32.1 Å². The number of unbranched alkanes of at least 4 members (excludes halogenated alkanes) is 5. The molecule has 0 aromatic rings. The van der Waals surface area contributed by atoms with E-state index in [-0.39, 0.29) is 0 Å². The normalized spacial score (nSPS) is 10.6. The molecule has 0 aromatic heterocycles. The maximum atomic E-state index is 5.04. The fourth-order valence-corrected chi connectivity index (χ4v) is 0.780. The summed E-state index contributed by atoms with van der Waals surface area (Å²) in [5.74, 6) is 0. The zero-order chi connectivity index (χ0) is 10.7. The van der Waals surface area contributed by atoms with Crippen molar-refractivity contribution in [3.05, 3.63) is 6.92 Å². The van der Waals surface area contributed by atoms with Crippen LogP contribution >= 0.6 is 35.7 Å².